The number of halogens is 4. The van der Waals surface area contributed by atoms with E-state index in [1.807, 2.05) is 0 Å². The first-order valence-electron chi connectivity index (χ1n) is 9.67. The van der Waals surface area contributed by atoms with Gasteiger partial charge in [0.15, 0.2) is 11.6 Å². The van der Waals surface area contributed by atoms with E-state index in [-0.39, 0.29) is 54.6 Å². The first-order chi connectivity index (χ1) is 14.8. The number of nitrogens with zero attached hydrogens (tertiary/aromatic N) is 2. The van der Waals surface area contributed by atoms with E-state index in [4.69, 9.17) is 21.1 Å². The zero-order valence-electron chi connectivity index (χ0n) is 16.7. The number of aromatic nitrogens is 1. The van der Waals surface area contributed by atoms with Crippen molar-refractivity contribution in [3.05, 3.63) is 58.9 Å². The van der Waals surface area contributed by atoms with Crippen molar-refractivity contribution in [2.45, 2.75) is 18.4 Å². The van der Waals surface area contributed by atoms with Gasteiger partial charge in [0, 0.05) is 29.6 Å². The Labute approximate surface area is 182 Å². The summed E-state index contributed by atoms with van der Waals surface area (Å²) in [4.78, 5) is 5.65. The fourth-order valence-electron chi connectivity index (χ4n) is 3.72. The lowest BCUT2D eigenvalue weighted by Crippen LogP contribution is -2.48. The van der Waals surface area contributed by atoms with Gasteiger partial charge >= 0.3 is 0 Å². The summed E-state index contributed by atoms with van der Waals surface area (Å²) in [5.74, 6) is -1.35. The number of pyridine rings is 1. The average molecular weight is 453 g/mol. The predicted molar refractivity (Wildman–Crippen MR) is 112 cm³/mol. The monoisotopic (exact) mass is 452 g/mol. The van der Waals surface area contributed by atoms with Crippen molar-refractivity contribution in [2.75, 3.05) is 31.7 Å². The number of methoxy groups -OCH3 is 1. The molecule has 3 aromatic rings. The largest absolute Gasteiger partial charge is 0.490 e. The molecule has 0 unspecified atom stereocenters. The maximum Gasteiger partial charge on any atom is 0.213 e. The third-order valence-electron chi connectivity index (χ3n) is 5.44. The molecule has 5 nitrogen and oxygen atoms in total. The zero-order valence-corrected chi connectivity index (χ0v) is 17.4. The van der Waals surface area contributed by atoms with E-state index < -0.39 is 23.1 Å². The van der Waals surface area contributed by atoms with E-state index >= 15 is 0 Å². The van der Waals surface area contributed by atoms with Crippen LogP contribution in [0.25, 0.3) is 10.9 Å². The summed E-state index contributed by atoms with van der Waals surface area (Å²) in [5, 5.41) is 11.4. The molecule has 0 spiro atoms. The van der Waals surface area contributed by atoms with Crippen LogP contribution in [0.2, 0.25) is 5.02 Å². The molecule has 1 aliphatic heterocycles. The molecule has 4 rings (SSSR count). The number of ether oxygens (including phenoxy) is 2. The number of hydrogen-bond acceptors (Lipinski definition) is 5. The number of anilines is 1. The van der Waals surface area contributed by atoms with E-state index in [0.717, 1.165) is 12.1 Å². The molecule has 9 heteroatoms. The Morgan fingerprint density at radius 3 is 2.39 bits per heavy atom. The van der Waals surface area contributed by atoms with Gasteiger partial charge in [-0.25, -0.2) is 18.2 Å². The average Bonchev–Trinajstić information content (AvgIpc) is 2.74. The number of hydrogen-bond donors (Lipinski definition) is 1. The number of aliphatic hydroxyl groups is 1. The minimum atomic E-state index is -1.20. The van der Waals surface area contributed by atoms with Crippen LogP contribution < -0.4 is 14.4 Å². The van der Waals surface area contributed by atoms with Gasteiger partial charge in [0.2, 0.25) is 5.88 Å². The van der Waals surface area contributed by atoms with Crippen molar-refractivity contribution in [1.82, 2.24) is 4.98 Å². The van der Waals surface area contributed by atoms with Gasteiger partial charge in [-0.2, -0.15) is 0 Å². The molecule has 31 heavy (non-hydrogen) atoms. The Hall–Kier alpha value is -2.71. The van der Waals surface area contributed by atoms with Crippen molar-refractivity contribution in [3.8, 4) is 11.6 Å². The van der Waals surface area contributed by atoms with Crippen LogP contribution in [-0.4, -0.2) is 42.5 Å². The van der Waals surface area contributed by atoms with Gasteiger partial charge in [0.05, 0.1) is 7.11 Å². The summed E-state index contributed by atoms with van der Waals surface area (Å²) in [6, 6.07) is 8.07. The Morgan fingerprint density at radius 1 is 1.06 bits per heavy atom. The molecule has 0 amide bonds. The lowest BCUT2D eigenvalue weighted by atomic mass is 9.92. The van der Waals surface area contributed by atoms with Gasteiger partial charge in [0.25, 0.3) is 0 Å². The quantitative estimate of drug-likeness (QED) is 0.607. The second-order valence-corrected chi connectivity index (χ2v) is 7.95. The molecule has 0 atom stereocenters. The second-order valence-electron chi connectivity index (χ2n) is 7.51. The molecular weight excluding hydrogens is 433 g/mol. The fourth-order valence-corrected chi connectivity index (χ4v) is 3.91. The molecule has 1 aromatic heterocycles. The van der Waals surface area contributed by atoms with Crippen LogP contribution >= 0.6 is 11.6 Å². The summed E-state index contributed by atoms with van der Waals surface area (Å²) in [6.07, 6.45) is 0.472. The zero-order chi connectivity index (χ0) is 22.2. The van der Waals surface area contributed by atoms with Crippen molar-refractivity contribution >= 4 is 28.2 Å². The minimum Gasteiger partial charge on any atom is -0.490 e. The Bertz CT molecular complexity index is 1100. The van der Waals surface area contributed by atoms with Crippen LogP contribution in [0.4, 0.5) is 18.9 Å². The van der Waals surface area contributed by atoms with Gasteiger partial charge < -0.3 is 19.5 Å². The predicted octanol–water partition coefficient (Wildman–Crippen LogP) is 4.72. The van der Waals surface area contributed by atoms with Crippen LogP contribution in [0.5, 0.6) is 11.6 Å². The fraction of sp³-hybridized carbons (Fsp3) is 0.318. The third kappa shape index (κ3) is 4.36. The SMILES string of the molecule is COc1ccc2c(OCC3(O)CCN(c4c(F)cc(Cl)cc4F)CC3)ccc(F)c2n1. The maximum absolute atomic E-state index is 14.2. The normalized spacial score (nSPS) is 15.9. The van der Waals surface area contributed by atoms with E-state index in [0.29, 0.717) is 11.1 Å². The molecule has 1 saturated heterocycles. The van der Waals surface area contributed by atoms with Gasteiger partial charge in [-0.15, -0.1) is 0 Å². The van der Waals surface area contributed by atoms with Gasteiger partial charge in [-0.05, 0) is 43.2 Å². The Balaban J connectivity index is 1.47. The standard InChI is InChI=1S/C22H20ClF3N2O3/c1-30-19-5-2-14-18(4-3-15(24)20(14)27-19)31-12-22(29)6-8-28(9-7-22)21-16(25)10-13(23)11-17(21)26/h2-5,10-11,29H,6-9,12H2,1H3. The minimum absolute atomic E-state index is 0.0145. The number of rotatable bonds is 5. The molecular formula is C22H20ClF3N2O3. The summed E-state index contributed by atoms with van der Waals surface area (Å²) in [7, 11) is 1.44. The highest BCUT2D eigenvalue weighted by Gasteiger charge is 2.35. The van der Waals surface area contributed by atoms with E-state index in [2.05, 4.69) is 4.98 Å². The molecule has 1 aliphatic rings. The number of piperidine rings is 1. The molecule has 164 valence electrons. The van der Waals surface area contributed by atoms with Gasteiger partial charge in [0.1, 0.15) is 35.0 Å². The molecule has 1 fully saturated rings. The molecule has 0 radical (unpaired) electrons. The molecule has 1 N–H and O–H groups in total. The van der Waals surface area contributed by atoms with Gasteiger partial charge in [-0.1, -0.05) is 11.6 Å². The molecule has 0 saturated carbocycles. The lowest BCUT2D eigenvalue weighted by Gasteiger charge is -2.39. The first-order valence-corrected chi connectivity index (χ1v) is 10.1. The Morgan fingerprint density at radius 2 is 1.74 bits per heavy atom. The van der Waals surface area contributed by atoms with Crippen molar-refractivity contribution < 1.29 is 27.8 Å². The third-order valence-corrected chi connectivity index (χ3v) is 5.66. The van der Waals surface area contributed by atoms with Crippen molar-refractivity contribution in [2.24, 2.45) is 0 Å². The molecule has 2 aromatic carbocycles. The van der Waals surface area contributed by atoms with E-state index in [1.54, 1.807) is 17.0 Å². The van der Waals surface area contributed by atoms with Gasteiger partial charge in [-0.3, -0.25) is 0 Å². The lowest BCUT2D eigenvalue weighted by molar-refractivity contribution is -0.0238. The smallest absolute Gasteiger partial charge is 0.213 e. The van der Waals surface area contributed by atoms with Crippen LogP contribution in [-0.2, 0) is 0 Å². The Kier molecular flexibility index (Phi) is 5.85. The maximum atomic E-state index is 14.2. The topological polar surface area (TPSA) is 54.8 Å². The first kappa shape index (κ1) is 21.5. The summed E-state index contributed by atoms with van der Waals surface area (Å²) >= 11 is 5.68. The highest BCUT2D eigenvalue weighted by atomic mass is 35.5. The van der Waals surface area contributed by atoms with Crippen LogP contribution in [0.15, 0.2) is 36.4 Å². The molecule has 0 bridgehead atoms. The molecule has 0 aliphatic carbocycles. The second kappa shape index (κ2) is 8.43. The van der Waals surface area contributed by atoms with E-state index in [9.17, 15) is 18.3 Å². The summed E-state index contributed by atoms with van der Waals surface area (Å²) < 4.78 is 53.4. The number of fused-ring (bicyclic) bond motifs is 1. The van der Waals surface area contributed by atoms with Crippen molar-refractivity contribution in [3.63, 3.8) is 0 Å². The summed E-state index contributed by atoms with van der Waals surface area (Å²) in [6.45, 7) is 0.412. The highest BCUT2D eigenvalue weighted by molar-refractivity contribution is 6.30. The number of benzene rings is 2. The molecule has 2 heterocycles. The van der Waals surface area contributed by atoms with Crippen LogP contribution in [0, 0.1) is 17.5 Å². The van der Waals surface area contributed by atoms with Crippen molar-refractivity contribution in [1.29, 1.82) is 0 Å². The van der Waals surface area contributed by atoms with Crippen LogP contribution in [0.1, 0.15) is 12.8 Å². The van der Waals surface area contributed by atoms with E-state index in [1.165, 1.54) is 19.2 Å². The summed E-state index contributed by atoms with van der Waals surface area (Å²) in [5.41, 5.74) is -1.25. The van der Waals surface area contributed by atoms with Crippen LogP contribution in [0.3, 0.4) is 0 Å². The highest BCUT2D eigenvalue weighted by Crippen LogP contribution is 2.34.